The lowest BCUT2D eigenvalue weighted by Gasteiger charge is -2.40. The molecule has 0 spiro atoms. The molecule has 3 aliphatic carbocycles. The van der Waals surface area contributed by atoms with Crippen LogP contribution in [0.5, 0.6) is 5.75 Å². The summed E-state index contributed by atoms with van der Waals surface area (Å²) in [6, 6.07) is 4.18. The van der Waals surface area contributed by atoms with Crippen molar-refractivity contribution in [3.63, 3.8) is 0 Å². The summed E-state index contributed by atoms with van der Waals surface area (Å²) in [6.45, 7) is 3.92. The van der Waals surface area contributed by atoms with Gasteiger partial charge in [0.1, 0.15) is 5.75 Å². The molecule has 176 valence electrons. The van der Waals surface area contributed by atoms with Crippen LogP contribution in [0.1, 0.15) is 32.1 Å². The highest BCUT2D eigenvalue weighted by Crippen LogP contribution is 2.52. The molecule has 5 fully saturated rings. The molecule has 7 nitrogen and oxygen atoms in total. The van der Waals surface area contributed by atoms with Crippen molar-refractivity contribution in [1.82, 2.24) is 26.6 Å². The van der Waals surface area contributed by atoms with Crippen LogP contribution in [0.3, 0.4) is 0 Å². The number of amides is 1. The van der Waals surface area contributed by atoms with E-state index in [0.29, 0.717) is 23.9 Å². The van der Waals surface area contributed by atoms with Gasteiger partial charge < -0.3 is 20.7 Å². The second-order valence-electron chi connectivity index (χ2n) is 9.92. The summed E-state index contributed by atoms with van der Waals surface area (Å²) in [5.41, 5.74) is -0.171. The molecule has 5 N–H and O–H groups in total. The normalized spacial score (nSPS) is 36.4. The molecule has 32 heavy (non-hydrogen) atoms. The zero-order valence-electron chi connectivity index (χ0n) is 18.3. The van der Waals surface area contributed by atoms with Gasteiger partial charge >= 0.3 is 0 Å². The van der Waals surface area contributed by atoms with Gasteiger partial charge in [-0.05, 0) is 69.2 Å². The number of benzene rings is 1. The highest BCUT2D eigenvalue weighted by Gasteiger charge is 2.57. The van der Waals surface area contributed by atoms with Crippen LogP contribution in [-0.4, -0.2) is 62.5 Å². The minimum absolute atomic E-state index is 0.146. The molecule has 4 unspecified atom stereocenters. The van der Waals surface area contributed by atoms with Gasteiger partial charge in [-0.25, -0.2) is 8.78 Å². The van der Waals surface area contributed by atoms with Gasteiger partial charge in [-0.15, -0.1) is 0 Å². The van der Waals surface area contributed by atoms with E-state index in [-0.39, 0.29) is 30.0 Å². The Bertz CT molecular complexity index is 821. The van der Waals surface area contributed by atoms with E-state index >= 15 is 0 Å². The van der Waals surface area contributed by atoms with Gasteiger partial charge in [0.15, 0.2) is 18.2 Å². The van der Waals surface area contributed by atoms with Gasteiger partial charge in [0.25, 0.3) is 5.91 Å². The van der Waals surface area contributed by atoms with Gasteiger partial charge in [0, 0.05) is 36.8 Å². The topological polar surface area (TPSA) is 86.5 Å². The van der Waals surface area contributed by atoms with Crippen LogP contribution in [0.15, 0.2) is 18.2 Å². The standard InChI is InChI=1S/C23H33F2N5O2/c24-17-4-3-16(6-18(17)25)32-13-22(31)30-23-7-15(8-23)19(9-23)29-21-12-27-20(11-28-21)14-2-1-5-26-10-14/h3-4,6,14-15,19-21,26-29H,1-2,5,7-13H2,(H,30,31). The second kappa shape index (κ2) is 9.21. The molecule has 2 saturated heterocycles. The first-order chi connectivity index (χ1) is 15.5. The third kappa shape index (κ3) is 4.76. The Labute approximate surface area is 187 Å². The van der Waals surface area contributed by atoms with Crippen molar-refractivity contribution in [2.24, 2.45) is 11.8 Å². The van der Waals surface area contributed by atoms with Crippen molar-refractivity contribution in [1.29, 1.82) is 0 Å². The first-order valence-corrected chi connectivity index (χ1v) is 11.8. The molecule has 1 aromatic rings. The molecule has 9 heteroatoms. The minimum Gasteiger partial charge on any atom is -0.484 e. The number of hydrogen-bond acceptors (Lipinski definition) is 6. The number of ether oxygens (including phenoxy) is 1. The molecule has 5 aliphatic rings. The number of rotatable bonds is 7. The van der Waals surface area contributed by atoms with Crippen LogP contribution in [0.2, 0.25) is 0 Å². The van der Waals surface area contributed by atoms with Crippen molar-refractivity contribution in [2.75, 3.05) is 32.8 Å². The summed E-state index contributed by atoms with van der Waals surface area (Å²) in [4.78, 5) is 12.4. The molecule has 0 radical (unpaired) electrons. The highest BCUT2D eigenvalue weighted by molar-refractivity contribution is 5.78. The van der Waals surface area contributed by atoms with Crippen LogP contribution in [0.4, 0.5) is 8.78 Å². The predicted molar refractivity (Wildman–Crippen MR) is 116 cm³/mol. The van der Waals surface area contributed by atoms with Crippen LogP contribution in [-0.2, 0) is 4.79 Å². The average molecular weight is 450 g/mol. The molecule has 3 saturated carbocycles. The number of nitrogens with one attached hydrogen (secondary N) is 5. The summed E-state index contributed by atoms with van der Waals surface area (Å²) in [7, 11) is 0. The van der Waals surface area contributed by atoms with E-state index in [0.717, 1.165) is 57.6 Å². The van der Waals surface area contributed by atoms with Crippen molar-refractivity contribution < 1.29 is 18.3 Å². The lowest BCUT2D eigenvalue weighted by atomic mass is 9.76. The summed E-state index contributed by atoms with van der Waals surface area (Å²) in [5, 5.41) is 17.8. The maximum atomic E-state index is 13.3. The van der Waals surface area contributed by atoms with E-state index in [1.165, 1.54) is 18.9 Å². The monoisotopic (exact) mass is 449 g/mol. The van der Waals surface area contributed by atoms with E-state index in [9.17, 15) is 13.6 Å². The first kappa shape index (κ1) is 22.0. The summed E-state index contributed by atoms with van der Waals surface area (Å²) in [5.74, 6) is -0.731. The van der Waals surface area contributed by atoms with E-state index in [4.69, 9.17) is 4.74 Å². The number of piperazine rings is 1. The van der Waals surface area contributed by atoms with E-state index in [1.807, 2.05) is 0 Å². The van der Waals surface area contributed by atoms with Gasteiger partial charge in [0.2, 0.25) is 0 Å². The van der Waals surface area contributed by atoms with Crippen molar-refractivity contribution in [3.05, 3.63) is 29.8 Å². The zero-order chi connectivity index (χ0) is 22.1. The molecule has 1 aromatic carbocycles. The molecule has 4 atom stereocenters. The maximum Gasteiger partial charge on any atom is 0.258 e. The second-order valence-corrected chi connectivity index (χ2v) is 9.92. The number of halogens is 2. The summed E-state index contributed by atoms with van der Waals surface area (Å²) in [6.07, 6.45) is 5.64. The van der Waals surface area contributed by atoms with Gasteiger partial charge in [-0.1, -0.05) is 0 Å². The number of piperidine rings is 1. The SMILES string of the molecule is O=C(COc1ccc(F)c(F)c1)NC12CC(C1)C(NC1CNC(C3CCCNC3)CN1)C2. The van der Waals surface area contributed by atoms with Crippen LogP contribution in [0, 0.1) is 23.5 Å². The summed E-state index contributed by atoms with van der Waals surface area (Å²) >= 11 is 0. The fourth-order valence-corrected chi connectivity index (χ4v) is 5.99. The van der Waals surface area contributed by atoms with Gasteiger partial charge in [-0.3, -0.25) is 15.4 Å². The zero-order valence-corrected chi connectivity index (χ0v) is 18.3. The molecule has 2 heterocycles. The largest absolute Gasteiger partial charge is 0.484 e. The Morgan fingerprint density at radius 2 is 1.97 bits per heavy atom. The molecule has 0 aromatic heterocycles. The van der Waals surface area contributed by atoms with Crippen molar-refractivity contribution in [2.45, 2.75) is 55.9 Å². The van der Waals surface area contributed by atoms with Crippen LogP contribution < -0.4 is 31.3 Å². The fourth-order valence-electron chi connectivity index (χ4n) is 5.99. The van der Waals surface area contributed by atoms with E-state index in [1.54, 1.807) is 0 Å². The lowest BCUT2D eigenvalue weighted by Crippen LogP contribution is -2.64. The average Bonchev–Trinajstić information content (AvgIpc) is 3.29. The Morgan fingerprint density at radius 3 is 2.69 bits per heavy atom. The Morgan fingerprint density at radius 1 is 1.09 bits per heavy atom. The van der Waals surface area contributed by atoms with E-state index in [2.05, 4.69) is 26.6 Å². The quantitative estimate of drug-likeness (QED) is 0.425. The van der Waals surface area contributed by atoms with E-state index < -0.39 is 11.6 Å². The lowest BCUT2D eigenvalue weighted by molar-refractivity contribution is -0.125. The summed E-state index contributed by atoms with van der Waals surface area (Å²) < 4.78 is 31.6. The Balaban J connectivity index is 1.04. The number of carbonyl (C=O) groups excluding carboxylic acids is 1. The van der Waals surface area contributed by atoms with Crippen LogP contribution >= 0.6 is 0 Å². The Hall–Kier alpha value is -1.81. The predicted octanol–water partition coefficient (Wildman–Crippen LogP) is 0.858. The molecule has 2 bridgehead atoms. The highest BCUT2D eigenvalue weighted by atomic mass is 19.2. The smallest absolute Gasteiger partial charge is 0.258 e. The fraction of sp³-hybridized carbons (Fsp3) is 0.696. The molecule has 2 aliphatic heterocycles. The number of hydrogen-bond donors (Lipinski definition) is 5. The van der Waals surface area contributed by atoms with Crippen molar-refractivity contribution >= 4 is 5.91 Å². The van der Waals surface area contributed by atoms with Gasteiger partial charge in [-0.2, -0.15) is 0 Å². The molecule has 6 rings (SSSR count). The third-order valence-electron chi connectivity index (χ3n) is 7.64. The first-order valence-electron chi connectivity index (χ1n) is 11.8. The minimum atomic E-state index is -0.986. The third-order valence-corrected chi connectivity index (χ3v) is 7.64. The Kier molecular flexibility index (Phi) is 6.33. The molecule has 1 amide bonds. The maximum absolute atomic E-state index is 13.3. The van der Waals surface area contributed by atoms with Crippen LogP contribution in [0.25, 0.3) is 0 Å². The van der Waals surface area contributed by atoms with Gasteiger partial charge in [0.05, 0.1) is 6.17 Å². The molecular weight excluding hydrogens is 416 g/mol. The number of fused-ring (bicyclic) bond motifs is 1. The molecular formula is C23H33F2N5O2. The van der Waals surface area contributed by atoms with Crippen molar-refractivity contribution in [3.8, 4) is 5.75 Å². The number of carbonyl (C=O) groups is 1.